The second-order valence-electron chi connectivity index (χ2n) is 6.68. The average Bonchev–Trinajstić information content (AvgIpc) is 2.50. The molecule has 0 amide bonds. The molecule has 1 aliphatic heterocycles. The lowest BCUT2D eigenvalue weighted by Crippen LogP contribution is -2.31. The molecule has 2 unspecified atom stereocenters. The lowest BCUT2D eigenvalue weighted by atomic mass is 9.90. The average molecular weight is 268 g/mol. The zero-order valence-electron chi connectivity index (χ0n) is 13.8. The summed E-state index contributed by atoms with van der Waals surface area (Å²) in [4.78, 5) is 2.61. The van der Waals surface area contributed by atoms with Crippen LogP contribution in [0.1, 0.15) is 90.9 Å². The molecule has 114 valence electrons. The highest BCUT2D eigenvalue weighted by atomic mass is 15.1. The molecule has 0 spiro atoms. The molecule has 0 aromatic rings. The van der Waals surface area contributed by atoms with Crippen molar-refractivity contribution in [2.45, 2.75) is 96.9 Å². The summed E-state index contributed by atoms with van der Waals surface area (Å²) in [6.45, 7) is 5.99. The Balaban J connectivity index is 2.24. The number of hydrogen-bond acceptors (Lipinski definition) is 1. The molecule has 0 aromatic carbocycles. The van der Waals surface area contributed by atoms with Gasteiger partial charge < -0.3 is 4.90 Å². The first kappa shape index (κ1) is 17.0. The fourth-order valence-electron chi connectivity index (χ4n) is 3.61. The minimum Gasteiger partial charge on any atom is -0.303 e. The van der Waals surface area contributed by atoms with E-state index in [4.69, 9.17) is 0 Å². The topological polar surface area (TPSA) is 3.24 Å². The lowest BCUT2D eigenvalue weighted by molar-refractivity contribution is 0.218. The first-order valence-corrected chi connectivity index (χ1v) is 8.98. The van der Waals surface area contributed by atoms with Crippen LogP contribution in [0, 0.1) is 5.92 Å². The SMILES string of the molecule is CCCCCCCC1CCCCN(C)C(CC)CC1. The van der Waals surface area contributed by atoms with Crippen molar-refractivity contribution in [1.82, 2.24) is 4.90 Å². The number of unbranched alkanes of at least 4 members (excludes halogenated alkanes) is 4. The molecule has 0 aromatic heterocycles. The summed E-state index contributed by atoms with van der Waals surface area (Å²) in [6.07, 6.45) is 17.4. The molecule has 1 heteroatoms. The van der Waals surface area contributed by atoms with Crippen LogP contribution in [0.2, 0.25) is 0 Å². The summed E-state index contributed by atoms with van der Waals surface area (Å²) in [5.41, 5.74) is 0. The maximum Gasteiger partial charge on any atom is 0.00896 e. The summed E-state index contributed by atoms with van der Waals surface area (Å²) in [5.74, 6) is 1.03. The summed E-state index contributed by atoms with van der Waals surface area (Å²) < 4.78 is 0. The molecule has 0 aliphatic carbocycles. The van der Waals surface area contributed by atoms with Crippen molar-refractivity contribution < 1.29 is 0 Å². The molecule has 1 heterocycles. The van der Waals surface area contributed by atoms with Gasteiger partial charge in [-0.2, -0.15) is 0 Å². The van der Waals surface area contributed by atoms with E-state index in [-0.39, 0.29) is 0 Å². The quantitative estimate of drug-likeness (QED) is 0.540. The van der Waals surface area contributed by atoms with Crippen LogP contribution >= 0.6 is 0 Å². The van der Waals surface area contributed by atoms with Gasteiger partial charge in [0.2, 0.25) is 0 Å². The maximum atomic E-state index is 2.61. The van der Waals surface area contributed by atoms with Crippen LogP contribution in [0.15, 0.2) is 0 Å². The van der Waals surface area contributed by atoms with E-state index in [2.05, 4.69) is 25.8 Å². The Morgan fingerprint density at radius 2 is 1.68 bits per heavy atom. The Morgan fingerprint density at radius 1 is 0.895 bits per heavy atom. The molecule has 1 fully saturated rings. The van der Waals surface area contributed by atoms with Gasteiger partial charge in [0, 0.05) is 6.04 Å². The van der Waals surface area contributed by atoms with Crippen LogP contribution in [0.4, 0.5) is 0 Å². The molecule has 0 saturated carbocycles. The predicted molar refractivity (Wildman–Crippen MR) is 86.7 cm³/mol. The predicted octanol–water partition coefficient (Wildman–Crippen LogP) is 5.64. The van der Waals surface area contributed by atoms with Crippen molar-refractivity contribution in [1.29, 1.82) is 0 Å². The molecule has 0 N–H and O–H groups in total. The molecule has 19 heavy (non-hydrogen) atoms. The molecule has 2 atom stereocenters. The molecular weight excluding hydrogens is 230 g/mol. The Labute approximate surface area is 122 Å². The van der Waals surface area contributed by atoms with E-state index < -0.39 is 0 Å². The molecule has 1 saturated heterocycles. The third-order valence-corrected chi connectivity index (χ3v) is 5.09. The Bertz CT molecular complexity index is 202. The fourth-order valence-corrected chi connectivity index (χ4v) is 3.61. The molecule has 1 nitrogen and oxygen atoms in total. The van der Waals surface area contributed by atoms with E-state index in [1.54, 1.807) is 0 Å². The normalized spacial score (nSPS) is 26.7. The molecule has 1 aliphatic rings. The van der Waals surface area contributed by atoms with Crippen molar-refractivity contribution >= 4 is 0 Å². The summed E-state index contributed by atoms with van der Waals surface area (Å²) in [6, 6.07) is 0.848. The van der Waals surface area contributed by atoms with Crippen molar-refractivity contribution in [3.63, 3.8) is 0 Å². The first-order chi connectivity index (χ1) is 9.27. The van der Waals surface area contributed by atoms with Gasteiger partial charge in [0.1, 0.15) is 0 Å². The van der Waals surface area contributed by atoms with Gasteiger partial charge in [-0.25, -0.2) is 0 Å². The summed E-state index contributed by atoms with van der Waals surface area (Å²) in [5, 5.41) is 0. The maximum absolute atomic E-state index is 2.61. The van der Waals surface area contributed by atoms with E-state index in [1.165, 1.54) is 83.6 Å². The van der Waals surface area contributed by atoms with Gasteiger partial charge in [-0.15, -0.1) is 0 Å². The third kappa shape index (κ3) is 7.34. The molecule has 0 bridgehead atoms. The molecule has 0 radical (unpaired) electrons. The molecule has 1 rings (SSSR count). The monoisotopic (exact) mass is 267 g/mol. The second-order valence-corrected chi connectivity index (χ2v) is 6.68. The van der Waals surface area contributed by atoms with Crippen LogP contribution in [-0.2, 0) is 0 Å². The standard InChI is InChI=1S/C18H37N/c1-4-6-7-8-9-12-17-13-10-11-16-19(3)18(5-2)15-14-17/h17-18H,4-16H2,1-3H3. The van der Waals surface area contributed by atoms with Gasteiger partial charge in [-0.05, 0) is 45.2 Å². The lowest BCUT2D eigenvalue weighted by Gasteiger charge is -2.27. The highest BCUT2D eigenvalue weighted by molar-refractivity contribution is 4.73. The largest absolute Gasteiger partial charge is 0.303 e. The highest BCUT2D eigenvalue weighted by Crippen LogP contribution is 2.26. The van der Waals surface area contributed by atoms with Crippen LogP contribution in [0.3, 0.4) is 0 Å². The van der Waals surface area contributed by atoms with E-state index in [9.17, 15) is 0 Å². The van der Waals surface area contributed by atoms with Crippen LogP contribution < -0.4 is 0 Å². The van der Waals surface area contributed by atoms with Gasteiger partial charge in [0.05, 0.1) is 0 Å². The fraction of sp³-hybridized carbons (Fsp3) is 1.00. The van der Waals surface area contributed by atoms with E-state index in [1.807, 2.05) is 0 Å². The van der Waals surface area contributed by atoms with Gasteiger partial charge in [0.15, 0.2) is 0 Å². The van der Waals surface area contributed by atoms with E-state index in [0.29, 0.717) is 0 Å². The van der Waals surface area contributed by atoms with Crippen LogP contribution in [0.5, 0.6) is 0 Å². The summed E-state index contributed by atoms with van der Waals surface area (Å²) in [7, 11) is 2.33. The first-order valence-electron chi connectivity index (χ1n) is 8.98. The van der Waals surface area contributed by atoms with Crippen molar-refractivity contribution in [2.24, 2.45) is 5.92 Å². The van der Waals surface area contributed by atoms with E-state index >= 15 is 0 Å². The van der Waals surface area contributed by atoms with Crippen molar-refractivity contribution in [2.75, 3.05) is 13.6 Å². The molecular formula is C18H37N. The van der Waals surface area contributed by atoms with Gasteiger partial charge in [-0.3, -0.25) is 0 Å². The minimum absolute atomic E-state index is 0.848. The Kier molecular flexibility index (Phi) is 9.59. The smallest absolute Gasteiger partial charge is 0.00896 e. The van der Waals surface area contributed by atoms with Crippen LogP contribution in [-0.4, -0.2) is 24.5 Å². The number of nitrogens with zero attached hydrogens (tertiary/aromatic N) is 1. The second kappa shape index (κ2) is 10.7. The zero-order chi connectivity index (χ0) is 13.9. The van der Waals surface area contributed by atoms with E-state index in [0.717, 1.165) is 12.0 Å². The van der Waals surface area contributed by atoms with Crippen LogP contribution in [0.25, 0.3) is 0 Å². The summed E-state index contributed by atoms with van der Waals surface area (Å²) >= 11 is 0. The number of hydrogen-bond donors (Lipinski definition) is 0. The van der Waals surface area contributed by atoms with Crippen molar-refractivity contribution in [3.8, 4) is 0 Å². The van der Waals surface area contributed by atoms with Gasteiger partial charge >= 0.3 is 0 Å². The highest BCUT2D eigenvalue weighted by Gasteiger charge is 2.18. The zero-order valence-corrected chi connectivity index (χ0v) is 13.8. The number of rotatable bonds is 7. The minimum atomic E-state index is 0.848. The third-order valence-electron chi connectivity index (χ3n) is 5.09. The van der Waals surface area contributed by atoms with Gasteiger partial charge in [-0.1, -0.05) is 65.2 Å². The van der Waals surface area contributed by atoms with Gasteiger partial charge in [0.25, 0.3) is 0 Å². The van der Waals surface area contributed by atoms with Crippen molar-refractivity contribution in [3.05, 3.63) is 0 Å². The Morgan fingerprint density at radius 3 is 2.42 bits per heavy atom. The Hall–Kier alpha value is -0.0400.